The van der Waals surface area contributed by atoms with E-state index in [9.17, 15) is 54.0 Å². The van der Waals surface area contributed by atoms with Gasteiger partial charge in [0.2, 0.25) is 0 Å². The second-order valence-electron chi connectivity index (χ2n) is 25.1. The van der Waals surface area contributed by atoms with Crippen molar-refractivity contribution < 1.29 is 73.3 Å². The van der Waals surface area contributed by atoms with E-state index in [2.05, 4.69) is 263 Å². The molecule has 634 valence electrons. The van der Waals surface area contributed by atoms with Gasteiger partial charge in [0.25, 0.3) is 29.2 Å². The number of nitrogens with zero attached hydrogens (tertiary/aromatic N) is 9. The van der Waals surface area contributed by atoms with E-state index >= 15 is 0 Å². The van der Waals surface area contributed by atoms with E-state index in [4.69, 9.17) is 30.5 Å². The third-order valence-corrected chi connectivity index (χ3v) is 20.9. The molecule has 16 rings (SSSR count). The number of benzene rings is 4. The summed E-state index contributed by atoms with van der Waals surface area (Å²) in [5.74, 6) is 79.9. The number of nitrogens with one attached hydrogen (secondary N) is 5. The molecule has 0 saturated carbocycles. The Kier molecular flexibility index (Phi) is 33.0. The summed E-state index contributed by atoms with van der Waals surface area (Å²) < 4.78 is 111. The molecular weight excluding hydrogens is 1760 g/mol. The lowest BCUT2D eigenvalue weighted by molar-refractivity contribution is -0.192. The summed E-state index contributed by atoms with van der Waals surface area (Å²) in [5.41, 5.74) is 10.8. The van der Waals surface area contributed by atoms with Crippen molar-refractivity contribution in [3.8, 4) is 252 Å². The first-order chi connectivity index (χ1) is 63.5. The molecule has 4 unspecified atom stereocenters. The van der Waals surface area contributed by atoms with Gasteiger partial charge in [-0.3, -0.25) is 42.9 Å². The molecule has 28 nitrogen and oxygen atoms in total. The maximum atomic E-state index is 11.8. The molecule has 0 bridgehead atoms. The first-order valence-electron chi connectivity index (χ1n) is 36.9. The zero-order chi connectivity index (χ0) is 92.9. The maximum Gasteiger partial charge on any atom is 0.490 e. The number of terminal acetylenes is 1. The largest absolute Gasteiger partial charge is 0.490 e. The van der Waals surface area contributed by atoms with E-state index in [1.54, 1.807) is 62.6 Å². The quantitative estimate of drug-likeness (QED) is 0.0984. The Hall–Kier alpha value is -18.9. The molecule has 7 aliphatic rings. The molecule has 131 heavy (non-hydrogen) atoms. The minimum Gasteiger partial charge on any atom is -0.490 e. The van der Waals surface area contributed by atoms with Crippen LogP contribution in [-0.2, 0) is 74.3 Å². The number of carbonyl (C=O) groups is 5. The Morgan fingerprint density at radius 3 is 1.19 bits per heavy atom. The number of aromatic nitrogens is 9. The van der Waals surface area contributed by atoms with Crippen molar-refractivity contribution in [2.24, 2.45) is 0 Å². The number of aliphatic carboxylic acids is 1. The van der Waals surface area contributed by atoms with Crippen LogP contribution in [0.5, 0.6) is 17.2 Å². The van der Waals surface area contributed by atoms with Crippen molar-refractivity contribution in [2.75, 3.05) is 38.3 Å². The first kappa shape index (κ1) is 92.8. The molecule has 35 heteroatoms. The van der Waals surface area contributed by atoms with Gasteiger partial charge in [-0.2, -0.15) is 33.6 Å². The number of rotatable bonds is 8. The van der Waals surface area contributed by atoms with E-state index in [0.717, 1.165) is 74.5 Å². The Balaban J connectivity index is 0.000000156. The summed E-state index contributed by atoms with van der Waals surface area (Å²) in [6.07, 6.45) is 23.2. The molecule has 6 aliphatic heterocycles. The monoisotopic (exact) mass is 1810 g/mol. The minimum absolute atomic E-state index is 0.138. The summed E-state index contributed by atoms with van der Waals surface area (Å²) in [4.78, 5) is 70.3. The van der Waals surface area contributed by atoms with Crippen molar-refractivity contribution >= 4 is 122 Å². The van der Waals surface area contributed by atoms with Gasteiger partial charge in [0, 0.05) is 185 Å². The Labute approximate surface area is 755 Å². The van der Waals surface area contributed by atoms with Crippen LogP contribution in [0.25, 0.3) is 75.9 Å². The number of carboxylic acid groups (broad SMARTS) is 1. The van der Waals surface area contributed by atoms with Gasteiger partial charge >= 0.3 is 12.1 Å². The number of allylic oxidation sites excluding steroid dienone is 1. The van der Waals surface area contributed by atoms with Crippen LogP contribution >= 0.6 is 0 Å². The predicted molar refractivity (Wildman–Crippen MR) is 486 cm³/mol. The number of halogens is 3. The lowest BCUT2D eigenvalue weighted by atomic mass is 10.1. The van der Waals surface area contributed by atoms with Crippen LogP contribution in [0, 0.1) is 202 Å². The van der Waals surface area contributed by atoms with Crippen LogP contribution in [0.2, 0.25) is 0 Å². The number of ether oxygens (including phenoxy) is 3. The average Bonchev–Trinajstić information content (AvgIpc) is 1.67. The number of carbonyl (C=O) groups excluding carboxylic acids is 4. The van der Waals surface area contributed by atoms with Gasteiger partial charge in [-0.05, 0) is 189 Å². The van der Waals surface area contributed by atoms with Crippen molar-refractivity contribution in [3.05, 3.63) is 192 Å². The van der Waals surface area contributed by atoms with Gasteiger partial charge in [-0.1, -0.05) is 54.5 Å². The fourth-order valence-electron chi connectivity index (χ4n) is 10.9. The van der Waals surface area contributed by atoms with Crippen molar-refractivity contribution in [1.82, 2.24) is 63.0 Å². The molecule has 0 radical (unpaired) electrons. The fourth-order valence-corrected chi connectivity index (χ4v) is 14.3. The van der Waals surface area contributed by atoms with Crippen molar-refractivity contribution in [2.45, 2.75) is 19.5 Å². The summed E-state index contributed by atoms with van der Waals surface area (Å²) in [5, 5.41) is 26.6. The number of aromatic amines is 1. The second-order valence-corrected chi connectivity index (χ2v) is 29.7. The van der Waals surface area contributed by atoms with Crippen LogP contribution in [-0.4, -0.2) is 135 Å². The number of alkyl halides is 3. The Morgan fingerprint density at radius 1 is 0.435 bits per heavy atom. The van der Waals surface area contributed by atoms with E-state index in [1.807, 2.05) is 80.0 Å². The van der Waals surface area contributed by atoms with Gasteiger partial charge in [0.15, 0.2) is 75.6 Å². The maximum absolute atomic E-state index is 11.8. The van der Waals surface area contributed by atoms with Gasteiger partial charge in [0.1, 0.15) is 25.6 Å². The SMILES string of the molecule is C#CC#CC#CC#CC#CC#CC#CC#CC#CC#CC#CC#CC#CC#CC#CC#CC#CC.CN1CCOc2cc(-c3cnn(C4=CC(=O)NS4=O)c3)ccc21.O=C(O)C(F)(F)F.O=C1C=C(n2cc(-c3ccc4c(=O)[nH]ccc4c3)cn2)S(=O)N1.O=C1C=C(n2cc(-c3ccc4c(c3)OCCO4)cn2)S(=O)N1.O=C1C=C(n2cc(C3=Cc4ccccc4C3)cn2)S(=O)N1. The minimum atomic E-state index is -5.08. The number of pyridine rings is 1. The fraction of sp³-hybridized carbons (Fsp3) is 0.0833. The highest BCUT2D eigenvalue weighted by Gasteiger charge is 2.38. The molecular formula is C96H51F3N14O14S4. The number of fused-ring (bicyclic) bond motifs is 4. The van der Waals surface area contributed by atoms with Crippen LogP contribution in [0.4, 0.5) is 18.9 Å². The van der Waals surface area contributed by atoms with Crippen molar-refractivity contribution in [3.63, 3.8) is 0 Å². The first-order valence-corrected chi connectivity index (χ1v) is 41.5. The van der Waals surface area contributed by atoms with Crippen LogP contribution < -0.4 is 43.6 Å². The van der Waals surface area contributed by atoms with Crippen molar-refractivity contribution in [1.29, 1.82) is 0 Å². The van der Waals surface area contributed by atoms with Crippen LogP contribution in [0.3, 0.4) is 0 Å². The molecule has 0 spiro atoms. The molecule has 6 N–H and O–H groups in total. The van der Waals surface area contributed by atoms with E-state index in [1.165, 1.54) is 59.7 Å². The molecule has 4 aromatic carbocycles. The average molecular weight is 1810 g/mol. The molecule has 4 amide bonds. The topological polar surface area (TPSA) is 357 Å². The van der Waals surface area contributed by atoms with Gasteiger partial charge in [0.05, 0.1) is 37.0 Å². The van der Waals surface area contributed by atoms with E-state index in [0.29, 0.717) is 51.1 Å². The van der Waals surface area contributed by atoms with Gasteiger partial charge in [-0.25, -0.2) is 40.4 Å². The summed E-state index contributed by atoms with van der Waals surface area (Å²) >= 11 is 0. The van der Waals surface area contributed by atoms with E-state index in [-0.39, 0.29) is 23.3 Å². The standard InChI is InChI=1S/C35H4.C15H14N4O3S.C15H10N4O3S.C15H11N3O2S.C14H11N3O4S.C2HF3O2/c1-3-5-7-9-11-13-15-17-19-21-23-25-27-29-31-33-35-34-32-30-28-26-24-22-20-18-16-14-12-10-8-6-4-2;1-18-4-5-22-13-6-10(2-3-12(13)18)11-8-16-19(9-11)15-7-14(20)17-23(15)21;20-13-6-14(23(22)18-13)19-8-11(7-17-19)9-1-2-12-10(5-9)3-4-16-15(12)21;19-14-7-15(21(20)17-14)18-9-13(8-16-18)12-5-10-3-1-2-4-11(10)6-12;18-13-6-14(22(19)16-13)17-8-10(7-15-17)9-1-2-11-12(5-9)21-4-3-20-11;3-2(4,5)1(6)7/h1H,2H3;2-3,6-9H,4-5H2,1H3,(H,17,20);1-8H,(H,16,21)(H,18,20);1-5,7-9H,6H2,(H,17,19);1-2,5-8H,3-4H2,(H,16,18);(H,6,7). The Morgan fingerprint density at radius 2 is 0.794 bits per heavy atom. The zero-order valence-electron chi connectivity index (χ0n) is 67.3. The molecule has 5 aromatic heterocycles. The predicted octanol–water partition coefficient (Wildman–Crippen LogP) is 5.77. The highest BCUT2D eigenvalue weighted by atomic mass is 32.2. The molecule has 11 heterocycles. The van der Waals surface area contributed by atoms with Gasteiger partial charge < -0.3 is 29.2 Å². The third kappa shape index (κ3) is 27.3. The molecule has 9 aromatic rings. The number of hydrogen-bond donors (Lipinski definition) is 6. The number of H-pyrrole nitrogens is 1. The lowest BCUT2D eigenvalue weighted by Gasteiger charge is -2.27. The number of amides is 4. The third-order valence-electron chi connectivity index (χ3n) is 16.6. The number of carboxylic acids is 1. The second kappa shape index (κ2) is 46.5. The smallest absolute Gasteiger partial charge is 0.490 e. The zero-order valence-corrected chi connectivity index (χ0v) is 70.6. The highest BCUT2D eigenvalue weighted by Crippen LogP contribution is 2.38. The van der Waals surface area contributed by atoms with Crippen LogP contribution in [0.15, 0.2) is 170 Å². The Bertz CT molecular complexity index is 7810. The summed E-state index contributed by atoms with van der Waals surface area (Å²) in [6.45, 7) is 4.29. The number of hydrogen-bond acceptors (Lipinski definition) is 18. The molecule has 0 saturated heterocycles. The molecule has 1 aliphatic carbocycles. The van der Waals surface area contributed by atoms with E-state index < -0.39 is 62.0 Å². The van der Waals surface area contributed by atoms with Crippen LogP contribution in [0.1, 0.15) is 23.6 Å². The van der Waals surface area contributed by atoms with Gasteiger partial charge in [-0.15, -0.1) is 6.42 Å². The summed E-state index contributed by atoms with van der Waals surface area (Å²) in [7, 11) is -4.22. The normalized spacial score (nSPS) is 14.7. The molecule has 4 atom stereocenters. The highest BCUT2D eigenvalue weighted by molar-refractivity contribution is 7.94. The molecule has 0 fully saturated rings. The summed E-state index contributed by atoms with van der Waals surface area (Å²) in [6, 6.07) is 27.1. The number of anilines is 1. The number of likely N-dealkylation sites (N-methyl/N-ethyl adjacent to an activating group) is 1. The lowest BCUT2D eigenvalue weighted by Crippen LogP contribution is -2.28.